The molecule has 0 saturated carbocycles. The zero-order valence-corrected chi connectivity index (χ0v) is 19.5. The summed E-state index contributed by atoms with van der Waals surface area (Å²) in [5.74, 6) is -0.219. The summed E-state index contributed by atoms with van der Waals surface area (Å²) in [6.45, 7) is 1.72. The molecule has 0 spiro atoms. The van der Waals surface area contributed by atoms with Crippen molar-refractivity contribution >= 4 is 39.6 Å². The van der Waals surface area contributed by atoms with Crippen LogP contribution in [-0.2, 0) is 4.79 Å². The number of nitrogens with one attached hydrogen (secondary N) is 2. The summed E-state index contributed by atoms with van der Waals surface area (Å²) in [5, 5.41) is 16.5. The van der Waals surface area contributed by atoms with E-state index in [0.29, 0.717) is 21.5 Å². The van der Waals surface area contributed by atoms with Crippen LogP contribution in [0.5, 0.6) is 17.2 Å². The average Bonchev–Trinajstić information content (AvgIpc) is 2.81. The Balaban J connectivity index is 1.59. The largest absolute Gasteiger partial charge is 0.507 e. The van der Waals surface area contributed by atoms with Crippen LogP contribution in [-0.4, -0.2) is 36.9 Å². The first-order valence-electron chi connectivity index (χ1n) is 9.85. The number of benzene rings is 3. The molecule has 9 heteroatoms. The zero-order valence-electron chi connectivity index (χ0n) is 18.0. The Labute approximate surface area is 199 Å². The number of ether oxygens (including phenoxy) is 2. The number of aromatic hydroxyl groups is 1. The van der Waals surface area contributed by atoms with Crippen LogP contribution in [0.3, 0.4) is 0 Å². The highest BCUT2D eigenvalue weighted by atomic mass is 79.9. The number of amides is 2. The van der Waals surface area contributed by atoms with Crippen molar-refractivity contribution in [2.24, 2.45) is 5.10 Å². The van der Waals surface area contributed by atoms with Gasteiger partial charge in [0.2, 0.25) is 0 Å². The number of phenolic OH excluding ortho intramolecular Hbond substituents is 1. The normalized spacial score (nSPS) is 10.6. The molecule has 0 aliphatic rings. The molecule has 0 radical (unpaired) electrons. The van der Waals surface area contributed by atoms with Crippen LogP contribution in [0, 0.1) is 6.92 Å². The van der Waals surface area contributed by atoms with Crippen molar-refractivity contribution in [3.8, 4) is 17.2 Å². The molecule has 0 atom stereocenters. The van der Waals surface area contributed by atoms with Crippen LogP contribution in [0.4, 0.5) is 5.69 Å². The summed E-state index contributed by atoms with van der Waals surface area (Å²) in [5.41, 5.74) is 4.75. The maximum absolute atomic E-state index is 12.2. The van der Waals surface area contributed by atoms with Gasteiger partial charge in [0.15, 0.2) is 18.1 Å². The van der Waals surface area contributed by atoms with Crippen molar-refractivity contribution in [1.82, 2.24) is 5.43 Å². The van der Waals surface area contributed by atoms with Gasteiger partial charge in [-0.15, -0.1) is 0 Å². The van der Waals surface area contributed by atoms with E-state index in [2.05, 4.69) is 31.8 Å². The van der Waals surface area contributed by atoms with E-state index in [9.17, 15) is 14.7 Å². The fourth-order valence-electron chi connectivity index (χ4n) is 2.84. The first-order chi connectivity index (χ1) is 15.9. The van der Waals surface area contributed by atoms with Crippen molar-refractivity contribution in [3.63, 3.8) is 0 Å². The average molecular weight is 512 g/mol. The molecule has 3 aromatic carbocycles. The molecule has 0 bridgehead atoms. The molecule has 0 fully saturated rings. The van der Waals surface area contributed by atoms with Gasteiger partial charge in [0.05, 0.1) is 18.9 Å². The molecular formula is C24H22BrN3O5. The lowest BCUT2D eigenvalue weighted by molar-refractivity contribution is -0.118. The van der Waals surface area contributed by atoms with Crippen molar-refractivity contribution in [2.45, 2.75) is 6.92 Å². The Morgan fingerprint density at radius 1 is 1.09 bits per heavy atom. The molecule has 170 valence electrons. The molecule has 2 amide bonds. The third-order valence-corrected chi connectivity index (χ3v) is 5.04. The van der Waals surface area contributed by atoms with Gasteiger partial charge >= 0.3 is 0 Å². The number of hydrogen-bond donors (Lipinski definition) is 3. The van der Waals surface area contributed by atoms with E-state index in [-0.39, 0.29) is 23.8 Å². The molecule has 0 aromatic heterocycles. The lowest BCUT2D eigenvalue weighted by Gasteiger charge is -2.12. The van der Waals surface area contributed by atoms with Crippen LogP contribution in [0.15, 0.2) is 70.2 Å². The highest BCUT2D eigenvalue weighted by molar-refractivity contribution is 9.10. The van der Waals surface area contributed by atoms with Crippen molar-refractivity contribution in [3.05, 3.63) is 81.8 Å². The molecule has 0 aliphatic heterocycles. The molecule has 0 unspecified atom stereocenters. The maximum atomic E-state index is 12.2. The summed E-state index contributed by atoms with van der Waals surface area (Å²) < 4.78 is 11.6. The number of phenols is 1. The standard InChI is InChI=1S/C24H22BrN3O5/c1-15-5-3-4-6-19(15)27-23(30)14-33-21-10-7-16(11-22(21)32-2)13-26-28-24(31)18-12-17(25)8-9-20(18)29/h3-13,29H,14H2,1-2H3,(H,27,30)(H,28,31)/b26-13-. The van der Waals surface area contributed by atoms with Gasteiger partial charge in [0.25, 0.3) is 11.8 Å². The number of carbonyl (C=O) groups is 2. The Morgan fingerprint density at radius 2 is 1.88 bits per heavy atom. The van der Waals surface area contributed by atoms with Gasteiger partial charge in [-0.1, -0.05) is 34.1 Å². The van der Waals surface area contributed by atoms with Gasteiger partial charge in [0, 0.05) is 10.2 Å². The molecule has 33 heavy (non-hydrogen) atoms. The van der Waals surface area contributed by atoms with Gasteiger partial charge in [0.1, 0.15) is 5.75 Å². The fraction of sp³-hybridized carbons (Fsp3) is 0.125. The first-order valence-corrected chi connectivity index (χ1v) is 10.6. The van der Waals surface area contributed by atoms with E-state index < -0.39 is 5.91 Å². The summed E-state index contributed by atoms with van der Waals surface area (Å²) in [7, 11) is 1.48. The zero-order chi connectivity index (χ0) is 23.8. The number of rotatable bonds is 8. The van der Waals surface area contributed by atoms with Crippen LogP contribution in [0.2, 0.25) is 0 Å². The number of aryl methyl sites for hydroxylation is 1. The van der Waals surface area contributed by atoms with Gasteiger partial charge in [-0.3, -0.25) is 9.59 Å². The van der Waals surface area contributed by atoms with E-state index in [1.165, 1.54) is 25.5 Å². The van der Waals surface area contributed by atoms with Gasteiger partial charge in [-0.25, -0.2) is 5.43 Å². The summed E-state index contributed by atoms with van der Waals surface area (Å²) >= 11 is 3.25. The SMILES string of the molecule is COc1cc(/C=N\NC(=O)c2cc(Br)ccc2O)ccc1OCC(=O)Nc1ccccc1C. The Kier molecular flexibility index (Phi) is 8.04. The predicted octanol–water partition coefficient (Wildman–Crippen LogP) is 4.25. The number of anilines is 1. The van der Waals surface area contributed by atoms with Gasteiger partial charge in [-0.2, -0.15) is 5.10 Å². The molecular weight excluding hydrogens is 490 g/mol. The number of halogens is 1. The Morgan fingerprint density at radius 3 is 2.64 bits per heavy atom. The number of hydrogen-bond acceptors (Lipinski definition) is 6. The third-order valence-electron chi connectivity index (χ3n) is 4.55. The van der Waals surface area contributed by atoms with E-state index in [1.807, 2.05) is 31.2 Å². The molecule has 0 aliphatic carbocycles. The minimum Gasteiger partial charge on any atom is -0.507 e. The summed E-state index contributed by atoms with van der Waals surface area (Å²) in [6, 6.07) is 17.0. The highest BCUT2D eigenvalue weighted by Crippen LogP contribution is 2.27. The van der Waals surface area contributed by atoms with Crippen molar-refractivity contribution < 1.29 is 24.2 Å². The summed E-state index contributed by atoms with van der Waals surface area (Å²) in [6.07, 6.45) is 1.42. The quantitative estimate of drug-likeness (QED) is 0.309. The number of carbonyl (C=O) groups excluding carboxylic acids is 2. The Bertz CT molecular complexity index is 1200. The molecule has 3 N–H and O–H groups in total. The molecule has 3 rings (SSSR count). The van der Waals surface area contributed by atoms with Crippen LogP contribution < -0.4 is 20.2 Å². The smallest absolute Gasteiger partial charge is 0.275 e. The second-order valence-electron chi connectivity index (χ2n) is 6.92. The molecule has 8 nitrogen and oxygen atoms in total. The molecule has 0 saturated heterocycles. The predicted molar refractivity (Wildman–Crippen MR) is 129 cm³/mol. The highest BCUT2D eigenvalue weighted by Gasteiger charge is 2.12. The number of nitrogens with zero attached hydrogens (tertiary/aromatic N) is 1. The minimum atomic E-state index is -0.559. The number of hydrazone groups is 1. The van der Waals surface area contributed by atoms with E-state index in [1.54, 1.807) is 24.3 Å². The van der Waals surface area contributed by atoms with E-state index in [0.717, 1.165) is 11.3 Å². The van der Waals surface area contributed by atoms with E-state index >= 15 is 0 Å². The van der Waals surface area contributed by atoms with Crippen LogP contribution >= 0.6 is 15.9 Å². The lowest BCUT2D eigenvalue weighted by Crippen LogP contribution is -2.20. The van der Waals surface area contributed by atoms with Crippen LogP contribution in [0.25, 0.3) is 0 Å². The lowest BCUT2D eigenvalue weighted by atomic mass is 10.2. The second kappa shape index (κ2) is 11.1. The monoisotopic (exact) mass is 511 g/mol. The second-order valence-corrected chi connectivity index (χ2v) is 7.84. The van der Waals surface area contributed by atoms with Gasteiger partial charge < -0.3 is 19.9 Å². The maximum Gasteiger partial charge on any atom is 0.275 e. The molecule has 0 heterocycles. The van der Waals surface area contributed by atoms with Crippen molar-refractivity contribution in [2.75, 3.05) is 19.0 Å². The van der Waals surface area contributed by atoms with E-state index in [4.69, 9.17) is 9.47 Å². The number of para-hydroxylation sites is 1. The Hall–Kier alpha value is -3.85. The summed E-state index contributed by atoms with van der Waals surface area (Å²) in [4.78, 5) is 24.4. The van der Waals surface area contributed by atoms with Crippen LogP contribution in [0.1, 0.15) is 21.5 Å². The fourth-order valence-corrected chi connectivity index (χ4v) is 3.20. The first kappa shape index (κ1) is 23.8. The minimum absolute atomic E-state index is 0.0897. The number of methoxy groups -OCH3 is 1. The molecule has 3 aromatic rings. The van der Waals surface area contributed by atoms with Crippen molar-refractivity contribution in [1.29, 1.82) is 0 Å². The third kappa shape index (κ3) is 6.56. The van der Waals surface area contributed by atoms with Gasteiger partial charge in [-0.05, 0) is 60.5 Å². The topological polar surface area (TPSA) is 109 Å².